The Balaban J connectivity index is 1.13. The fourth-order valence-corrected chi connectivity index (χ4v) is 9.21. The molecule has 0 aliphatic heterocycles. The highest BCUT2D eigenvalue weighted by Gasteiger charge is 2.41. The minimum atomic E-state index is -0.218. The van der Waals surface area contributed by atoms with E-state index in [1.165, 1.54) is 60.3 Å². The van der Waals surface area contributed by atoms with Crippen molar-refractivity contribution in [1.82, 2.24) is 4.40 Å². The molecule has 3 nitrogen and oxygen atoms in total. The van der Waals surface area contributed by atoms with Gasteiger partial charge < -0.3 is 14.2 Å². The topological polar surface area (TPSA) is 10.9 Å². The molecular weight excluding hydrogens is 655 g/mol. The number of hydrogen-bond donors (Lipinski definition) is 0. The number of nitrogens with zero attached hydrogens (tertiary/aromatic N) is 3. The first-order valence-corrected chi connectivity index (χ1v) is 18.8. The highest BCUT2D eigenvalue weighted by Crippen LogP contribution is 2.56. The second-order valence-electron chi connectivity index (χ2n) is 15.0. The van der Waals surface area contributed by atoms with Crippen LogP contribution in [-0.2, 0) is 5.41 Å². The second kappa shape index (κ2) is 11.6. The summed E-state index contributed by atoms with van der Waals surface area (Å²) in [5.74, 6) is 0. The van der Waals surface area contributed by atoms with Gasteiger partial charge >= 0.3 is 0 Å². The number of anilines is 6. The molecule has 0 unspecified atom stereocenters. The zero-order chi connectivity index (χ0) is 36.0. The van der Waals surface area contributed by atoms with Crippen molar-refractivity contribution in [3.63, 3.8) is 0 Å². The quantitative estimate of drug-likeness (QED) is 0.172. The third-order valence-corrected chi connectivity index (χ3v) is 11.6. The Labute approximate surface area is 314 Å². The standard InChI is InChI=1S/C51H37N3/c1-51(2)46-32-34-26-27-40(52(36-16-7-3-8-17-36)37-18-9-4-10-19-37)30-35(34)31-45(46)48-44-25-15-24-43-42-29-28-41(33-47(42)54(49(43)44)50(48)51)53(38-20-11-5-12-21-38)39-22-13-6-14-23-39/h3-33H,1-2H3. The molecule has 54 heavy (non-hydrogen) atoms. The number of benzene rings is 8. The Bertz CT molecular complexity index is 2920. The van der Waals surface area contributed by atoms with E-state index < -0.39 is 0 Å². The molecule has 2 heterocycles. The fourth-order valence-electron chi connectivity index (χ4n) is 9.21. The molecule has 0 amide bonds. The van der Waals surface area contributed by atoms with Crippen molar-refractivity contribution in [2.24, 2.45) is 0 Å². The van der Waals surface area contributed by atoms with Crippen molar-refractivity contribution in [1.29, 1.82) is 0 Å². The predicted molar refractivity (Wildman–Crippen MR) is 228 cm³/mol. The van der Waals surface area contributed by atoms with Crippen LogP contribution in [0.3, 0.4) is 0 Å². The van der Waals surface area contributed by atoms with Gasteiger partial charge in [-0.2, -0.15) is 0 Å². The zero-order valence-corrected chi connectivity index (χ0v) is 30.2. The van der Waals surface area contributed by atoms with Gasteiger partial charge in [0.25, 0.3) is 0 Å². The van der Waals surface area contributed by atoms with Gasteiger partial charge in [0.1, 0.15) is 0 Å². The molecule has 8 aromatic carbocycles. The summed E-state index contributed by atoms with van der Waals surface area (Å²) in [4.78, 5) is 4.71. The van der Waals surface area contributed by atoms with Gasteiger partial charge in [-0.05, 0) is 107 Å². The van der Waals surface area contributed by atoms with Gasteiger partial charge in [-0.25, -0.2) is 0 Å². The van der Waals surface area contributed by atoms with Crippen LogP contribution in [0.1, 0.15) is 25.1 Å². The van der Waals surface area contributed by atoms with Crippen LogP contribution in [0.2, 0.25) is 0 Å². The number of rotatable bonds is 6. The molecule has 11 rings (SSSR count). The van der Waals surface area contributed by atoms with Crippen molar-refractivity contribution >= 4 is 72.1 Å². The summed E-state index contributed by atoms with van der Waals surface area (Å²) in [6.07, 6.45) is 0. The van der Waals surface area contributed by atoms with E-state index in [9.17, 15) is 0 Å². The van der Waals surface area contributed by atoms with Gasteiger partial charge in [0, 0.05) is 67.0 Å². The van der Waals surface area contributed by atoms with Crippen molar-refractivity contribution < 1.29 is 0 Å². The van der Waals surface area contributed by atoms with Crippen LogP contribution in [0.4, 0.5) is 34.1 Å². The van der Waals surface area contributed by atoms with E-state index in [1.54, 1.807) is 0 Å². The zero-order valence-electron chi connectivity index (χ0n) is 30.2. The van der Waals surface area contributed by atoms with Crippen LogP contribution in [0.15, 0.2) is 188 Å². The third kappa shape index (κ3) is 4.42. The molecule has 0 atom stereocenters. The minimum absolute atomic E-state index is 0.218. The van der Waals surface area contributed by atoms with E-state index in [4.69, 9.17) is 0 Å². The monoisotopic (exact) mass is 691 g/mol. The maximum absolute atomic E-state index is 2.59. The lowest BCUT2D eigenvalue weighted by Crippen LogP contribution is -2.18. The van der Waals surface area contributed by atoms with Crippen molar-refractivity contribution in [3.05, 3.63) is 199 Å². The number of hydrogen-bond acceptors (Lipinski definition) is 2. The summed E-state index contributed by atoms with van der Waals surface area (Å²) in [5.41, 5.74) is 14.6. The van der Waals surface area contributed by atoms with E-state index in [2.05, 4.69) is 216 Å². The summed E-state index contributed by atoms with van der Waals surface area (Å²) in [6.45, 7) is 4.82. The van der Waals surface area contributed by atoms with Gasteiger partial charge in [-0.1, -0.05) is 117 Å². The SMILES string of the molecule is CC1(C)c2cc3ccc(N(c4ccccc4)c4ccccc4)cc3cc2-c2c1n1c3cc(N(c4ccccc4)c4ccccc4)ccc3c3cccc2c31. The number of para-hydroxylation sites is 5. The number of fused-ring (bicyclic) bond motifs is 9. The maximum atomic E-state index is 2.59. The van der Waals surface area contributed by atoms with Crippen LogP contribution in [0.25, 0.3) is 49.1 Å². The van der Waals surface area contributed by atoms with Crippen LogP contribution < -0.4 is 9.80 Å². The summed E-state index contributed by atoms with van der Waals surface area (Å²) in [7, 11) is 0. The minimum Gasteiger partial charge on any atom is -0.311 e. The Morgan fingerprint density at radius 2 is 0.926 bits per heavy atom. The largest absolute Gasteiger partial charge is 0.311 e. The van der Waals surface area contributed by atoms with Crippen LogP contribution in [0, 0.1) is 0 Å². The van der Waals surface area contributed by atoms with E-state index in [0.717, 1.165) is 34.1 Å². The Morgan fingerprint density at radius 3 is 1.50 bits per heavy atom. The van der Waals surface area contributed by atoms with E-state index in [0.29, 0.717) is 0 Å². The molecule has 0 fully saturated rings. The highest BCUT2D eigenvalue weighted by atomic mass is 15.1. The summed E-state index contributed by atoms with van der Waals surface area (Å²) < 4.78 is 2.59. The normalized spacial score (nSPS) is 13.1. The summed E-state index contributed by atoms with van der Waals surface area (Å²) in [5, 5.41) is 6.40. The molecule has 0 radical (unpaired) electrons. The molecule has 0 saturated carbocycles. The molecule has 256 valence electrons. The summed E-state index contributed by atoms with van der Waals surface area (Å²) in [6, 6.07) is 68.4. The van der Waals surface area contributed by atoms with Crippen LogP contribution in [-0.4, -0.2) is 4.40 Å². The lowest BCUT2D eigenvalue weighted by molar-refractivity contribution is 0.634. The molecular formula is C51H37N3. The molecule has 0 N–H and O–H groups in total. The van der Waals surface area contributed by atoms with Gasteiger partial charge in [0.2, 0.25) is 0 Å². The third-order valence-electron chi connectivity index (χ3n) is 11.6. The molecule has 0 bridgehead atoms. The van der Waals surface area contributed by atoms with Crippen molar-refractivity contribution in [2.75, 3.05) is 9.80 Å². The van der Waals surface area contributed by atoms with Gasteiger partial charge in [-0.3, -0.25) is 0 Å². The fraction of sp³-hybridized carbons (Fsp3) is 0.0588. The lowest BCUT2D eigenvalue weighted by atomic mass is 9.84. The molecule has 1 aliphatic carbocycles. The first-order chi connectivity index (χ1) is 26.6. The van der Waals surface area contributed by atoms with Crippen molar-refractivity contribution in [3.8, 4) is 11.1 Å². The lowest BCUT2D eigenvalue weighted by Gasteiger charge is -2.26. The number of aromatic nitrogens is 1. The molecule has 0 spiro atoms. The molecule has 10 aromatic rings. The van der Waals surface area contributed by atoms with Gasteiger partial charge in [0.05, 0.1) is 11.0 Å². The van der Waals surface area contributed by atoms with E-state index in [1.807, 2.05) is 0 Å². The average molecular weight is 692 g/mol. The van der Waals surface area contributed by atoms with E-state index >= 15 is 0 Å². The molecule has 1 aliphatic rings. The maximum Gasteiger partial charge on any atom is 0.0617 e. The van der Waals surface area contributed by atoms with Crippen LogP contribution in [0.5, 0.6) is 0 Å². The Kier molecular flexibility index (Phi) is 6.60. The second-order valence-corrected chi connectivity index (χ2v) is 15.0. The Hall–Kier alpha value is -6.84. The predicted octanol–water partition coefficient (Wildman–Crippen LogP) is 14.1. The molecule has 3 heteroatoms. The van der Waals surface area contributed by atoms with Crippen LogP contribution >= 0.6 is 0 Å². The van der Waals surface area contributed by atoms with Gasteiger partial charge in [-0.15, -0.1) is 0 Å². The molecule has 0 saturated heterocycles. The Morgan fingerprint density at radius 1 is 0.407 bits per heavy atom. The highest BCUT2D eigenvalue weighted by molar-refractivity contribution is 6.20. The van der Waals surface area contributed by atoms with Gasteiger partial charge in [0.15, 0.2) is 0 Å². The average Bonchev–Trinajstić information content (AvgIpc) is 3.82. The first-order valence-electron chi connectivity index (χ1n) is 18.8. The molecule has 2 aromatic heterocycles. The van der Waals surface area contributed by atoms with E-state index in [-0.39, 0.29) is 5.41 Å². The summed E-state index contributed by atoms with van der Waals surface area (Å²) >= 11 is 0. The first kappa shape index (κ1) is 30.8. The van der Waals surface area contributed by atoms with Crippen molar-refractivity contribution in [2.45, 2.75) is 19.3 Å². The smallest absolute Gasteiger partial charge is 0.0617 e.